The van der Waals surface area contributed by atoms with Crippen molar-refractivity contribution in [1.29, 1.82) is 0 Å². The predicted molar refractivity (Wildman–Crippen MR) is 71.3 cm³/mol. The summed E-state index contributed by atoms with van der Waals surface area (Å²) in [4.78, 5) is 11.5. The van der Waals surface area contributed by atoms with E-state index in [1.54, 1.807) is 19.0 Å². The maximum absolute atomic E-state index is 12.0. The Morgan fingerprint density at radius 2 is 2.05 bits per heavy atom. The normalized spacial score (nSPS) is 11.7. The number of nitrogen functional groups attached to an aromatic ring is 1. The molecule has 0 aromatic heterocycles. The van der Waals surface area contributed by atoms with E-state index in [1.807, 2.05) is 0 Å². The van der Waals surface area contributed by atoms with Crippen molar-refractivity contribution in [2.75, 3.05) is 32.9 Å². The Labute approximate surface area is 111 Å². The molecule has 1 rings (SSSR count). The zero-order valence-corrected chi connectivity index (χ0v) is 11.5. The second kappa shape index (κ2) is 5.95. The first-order valence-electron chi connectivity index (χ1n) is 5.43. The molecule has 19 heavy (non-hydrogen) atoms. The summed E-state index contributed by atoms with van der Waals surface area (Å²) < 4.78 is 26.3. The van der Waals surface area contributed by atoms with Crippen molar-refractivity contribution < 1.29 is 13.3 Å². The SMILES string of the molecule is CN(C)CCNS(=O)(=O)c1cccc(N)c1[N+](=O)[O-]. The number of likely N-dealkylation sites (N-methyl/N-ethyl adjacent to an activating group) is 1. The third kappa shape index (κ3) is 3.88. The van der Waals surface area contributed by atoms with Crippen LogP contribution in [0.2, 0.25) is 0 Å². The van der Waals surface area contributed by atoms with Crippen molar-refractivity contribution in [3.05, 3.63) is 28.3 Å². The molecule has 0 aliphatic heterocycles. The van der Waals surface area contributed by atoms with Crippen LogP contribution in [0.4, 0.5) is 11.4 Å². The molecule has 0 atom stereocenters. The van der Waals surface area contributed by atoms with Gasteiger partial charge in [-0.3, -0.25) is 10.1 Å². The number of hydrogen-bond acceptors (Lipinski definition) is 6. The van der Waals surface area contributed by atoms with Gasteiger partial charge in [-0.2, -0.15) is 0 Å². The molecule has 3 N–H and O–H groups in total. The molecule has 0 saturated heterocycles. The van der Waals surface area contributed by atoms with E-state index >= 15 is 0 Å². The number of para-hydroxylation sites is 1. The van der Waals surface area contributed by atoms with Gasteiger partial charge in [0.15, 0.2) is 4.90 Å². The Morgan fingerprint density at radius 1 is 1.42 bits per heavy atom. The molecule has 1 aromatic carbocycles. The average Bonchev–Trinajstić information content (AvgIpc) is 2.27. The number of nitrogens with zero attached hydrogens (tertiary/aromatic N) is 2. The molecule has 1 aromatic rings. The average molecular weight is 288 g/mol. The topological polar surface area (TPSA) is 119 Å². The number of nitro groups is 1. The van der Waals surface area contributed by atoms with Crippen LogP contribution in [0.1, 0.15) is 0 Å². The van der Waals surface area contributed by atoms with Crippen molar-refractivity contribution in [3.63, 3.8) is 0 Å². The van der Waals surface area contributed by atoms with Crippen LogP contribution < -0.4 is 10.5 Å². The number of nitro benzene ring substituents is 1. The van der Waals surface area contributed by atoms with Crippen molar-refractivity contribution in [2.24, 2.45) is 0 Å². The van der Waals surface area contributed by atoms with Gasteiger partial charge in [-0.05, 0) is 26.2 Å². The van der Waals surface area contributed by atoms with Gasteiger partial charge in [0, 0.05) is 13.1 Å². The standard InChI is InChI=1S/C10H16N4O4S/c1-13(2)7-6-12-19(17,18)9-5-3-4-8(11)10(9)14(15)16/h3-5,12H,6-7,11H2,1-2H3. The number of benzene rings is 1. The molecule has 106 valence electrons. The highest BCUT2D eigenvalue weighted by Crippen LogP contribution is 2.29. The third-order valence-electron chi connectivity index (χ3n) is 2.35. The van der Waals surface area contributed by atoms with Gasteiger partial charge >= 0.3 is 5.69 Å². The van der Waals surface area contributed by atoms with E-state index in [9.17, 15) is 18.5 Å². The minimum atomic E-state index is -3.95. The molecule has 0 unspecified atom stereocenters. The number of rotatable bonds is 6. The third-order valence-corrected chi connectivity index (χ3v) is 3.85. The number of sulfonamides is 1. The maximum Gasteiger partial charge on any atom is 0.312 e. The molecular weight excluding hydrogens is 272 g/mol. The Bertz CT molecular complexity index is 571. The van der Waals surface area contributed by atoms with Crippen LogP contribution in [0.25, 0.3) is 0 Å². The van der Waals surface area contributed by atoms with Gasteiger partial charge in [-0.15, -0.1) is 0 Å². The van der Waals surface area contributed by atoms with Gasteiger partial charge in [0.1, 0.15) is 5.69 Å². The fourth-order valence-corrected chi connectivity index (χ4v) is 2.65. The molecule has 0 saturated carbocycles. The first-order chi connectivity index (χ1) is 8.75. The lowest BCUT2D eigenvalue weighted by molar-refractivity contribution is -0.386. The zero-order valence-electron chi connectivity index (χ0n) is 10.7. The number of nitrogens with one attached hydrogen (secondary N) is 1. The molecule has 8 nitrogen and oxygen atoms in total. The molecule has 0 spiro atoms. The van der Waals surface area contributed by atoms with Crippen LogP contribution in [0.3, 0.4) is 0 Å². The highest BCUT2D eigenvalue weighted by molar-refractivity contribution is 7.89. The summed E-state index contributed by atoms with van der Waals surface area (Å²) in [6.45, 7) is 0.636. The summed E-state index contributed by atoms with van der Waals surface area (Å²) >= 11 is 0. The van der Waals surface area contributed by atoms with E-state index in [1.165, 1.54) is 12.1 Å². The second-order valence-corrected chi connectivity index (χ2v) is 5.89. The van der Waals surface area contributed by atoms with Gasteiger partial charge in [0.25, 0.3) is 0 Å². The molecular formula is C10H16N4O4S. The van der Waals surface area contributed by atoms with E-state index in [2.05, 4.69) is 4.72 Å². The number of hydrogen-bond donors (Lipinski definition) is 2. The lowest BCUT2D eigenvalue weighted by Gasteiger charge is -2.11. The Kier molecular flexibility index (Phi) is 4.81. The van der Waals surface area contributed by atoms with Crippen LogP contribution in [0.15, 0.2) is 23.1 Å². The van der Waals surface area contributed by atoms with E-state index in [-0.39, 0.29) is 12.2 Å². The number of nitrogens with two attached hydrogens (primary N) is 1. The largest absolute Gasteiger partial charge is 0.393 e. The summed E-state index contributed by atoms with van der Waals surface area (Å²) in [5, 5.41) is 10.9. The first-order valence-corrected chi connectivity index (χ1v) is 6.91. The quantitative estimate of drug-likeness (QED) is 0.432. The van der Waals surface area contributed by atoms with Crippen LogP contribution in [-0.4, -0.2) is 45.4 Å². The van der Waals surface area contributed by atoms with Crippen molar-refractivity contribution in [2.45, 2.75) is 4.90 Å². The smallest absolute Gasteiger partial charge is 0.312 e. The van der Waals surface area contributed by atoms with Gasteiger partial charge in [0.05, 0.1) is 4.92 Å². The fourth-order valence-electron chi connectivity index (χ4n) is 1.43. The summed E-state index contributed by atoms with van der Waals surface area (Å²) in [5.74, 6) is 0. The lowest BCUT2D eigenvalue weighted by Crippen LogP contribution is -2.31. The molecule has 0 heterocycles. The minimum absolute atomic E-state index is 0.154. The molecule has 0 aliphatic carbocycles. The number of anilines is 1. The molecule has 0 fully saturated rings. The summed E-state index contributed by atoms with van der Waals surface area (Å²) in [7, 11) is -0.375. The van der Waals surface area contributed by atoms with Gasteiger partial charge in [-0.1, -0.05) is 6.07 Å². The Balaban J connectivity index is 3.08. The predicted octanol–water partition coefficient (Wildman–Crippen LogP) is 0.0169. The molecule has 0 bridgehead atoms. The molecule has 0 amide bonds. The zero-order chi connectivity index (χ0) is 14.6. The van der Waals surface area contributed by atoms with E-state index in [0.29, 0.717) is 6.54 Å². The van der Waals surface area contributed by atoms with Crippen LogP contribution in [0, 0.1) is 10.1 Å². The Hall–Kier alpha value is -1.71. The maximum atomic E-state index is 12.0. The monoisotopic (exact) mass is 288 g/mol. The molecule has 0 radical (unpaired) electrons. The molecule has 9 heteroatoms. The van der Waals surface area contributed by atoms with E-state index in [4.69, 9.17) is 5.73 Å². The van der Waals surface area contributed by atoms with Crippen LogP contribution >= 0.6 is 0 Å². The minimum Gasteiger partial charge on any atom is -0.393 e. The highest BCUT2D eigenvalue weighted by Gasteiger charge is 2.27. The van der Waals surface area contributed by atoms with Gasteiger partial charge < -0.3 is 10.6 Å². The highest BCUT2D eigenvalue weighted by atomic mass is 32.2. The van der Waals surface area contributed by atoms with Crippen molar-refractivity contribution in [1.82, 2.24) is 9.62 Å². The Morgan fingerprint density at radius 3 is 2.58 bits per heavy atom. The summed E-state index contributed by atoms with van der Waals surface area (Å²) in [6.07, 6.45) is 0. The van der Waals surface area contributed by atoms with Crippen molar-refractivity contribution >= 4 is 21.4 Å². The van der Waals surface area contributed by atoms with E-state index in [0.717, 1.165) is 6.07 Å². The summed E-state index contributed by atoms with van der Waals surface area (Å²) in [5.41, 5.74) is 4.68. The summed E-state index contributed by atoms with van der Waals surface area (Å²) in [6, 6.07) is 3.81. The molecule has 0 aliphatic rings. The van der Waals surface area contributed by atoms with Crippen LogP contribution in [0.5, 0.6) is 0 Å². The van der Waals surface area contributed by atoms with Crippen molar-refractivity contribution in [3.8, 4) is 0 Å². The fraction of sp³-hybridized carbons (Fsp3) is 0.400. The first kappa shape index (κ1) is 15.3. The second-order valence-electron chi connectivity index (χ2n) is 4.15. The van der Waals surface area contributed by atoms with E-state index < -0.39 is 25.5 Å². The lowest BCUT2D eigenvalue weighted by atomic mass is 10.3. The van der Waals surface area contributed by atoms with Gasteiger partial charge in [-0.25, -0.2) is 13.1 Å². The van der Waals surface area contributed by atoms with Gasteiger partial charge in [0.2, 0.25) is 10.0 Å². The van der Waals surface area contributed by atoms with Crippen LogP contribution in [-0.2, 0) is 10.0 Å².